The summed E-state index contributed by atoms with van der Waals surface area (Å²) in [4.78, 5) is 12.1. The van der Waals surface area contributed by atoms with E-state index in [9.17, 15) is 4.79 Å². The normalized spacial score (nSPS) is 13.2. The predicted octanol–water partition coefficient (Wildman–Crippen LogP) is 3.72. The van der Waals surface area contributed by atoms with E-state index in [1.807, 2.05) is 54.6 Å². The maximum Gasteiger partial charge on any atom is 0.255 e. The molecule has 134 valence electrons. The van der Waals surface area contributed by atoms with Gasteiger partial charge in [0.2, 0.25) is 0 Å². The molecule has 5 heteroatoms. The maximum atomic E-state index is 12.1. The van der Waals surface area contributed by atoms with Gasteiger partial charge in [-0.1, -0.05) is 48.6 Å². The number of nitrogens with two attached hydrogens (primary N) is 1. The van der Waals surface area contributed by atoms with E-state index >= 15 is 0 Å². The van der Waals surface area contributed by atoms with Crippen LogP contribution in [0, 0.1) is 0 Å². The maximum absolute atomic E-state index is 12.1. The quantitative estimate of drug-likeness (QED) is 0.453. The fourth-order valence-electron chi connectivity index (χ4n) is 2.09. The van der Waals surface area contributed by atoms with Gasteiger partial charge in [0.1, 0.15) is 0 Å². The van der Waals surface area contributed by atoms with Gasteiger partial charge in [0.25, 0.3) is 5.91 Å². The molecule has 0 saturated carbocycles. The van der Waals surface area contributed by atoms with Crippen LogP contribution in [0.15, 0.2) is 84.6 Å². The van der Waals surface area contributed by atoms with Crippen molar-refractivity contribution in [3.05, 3.63) is 95.7 Å². The Hall–Kier alpha value is -3.15. The molecule has 0 aromatic heterocycles. The first-order chi connectivity index (χ1) is 12.6. The highest BCUT2D eigenvalue weighted by Gasteiger charge is 2.04. The molecule has 1 atom stereocenters. The van der Waals surface area contributed by atoms with Gasteiger partial charge in [-0.15, -0.1) is 0 Å². The van der Waals surface area contributed by atoms with Crippen LogP contribution in [-0.2, 0) is 0 Å². The van der Waals surface area contributed by atoms with Crippen LogP contribution < -0.4 is 16.5 Å². The number of rotatable bonds is 7. The van der Waals surface area contributed by atoms with Gasteiger partial charge in [-0.3, -0.25) is 4.79 Å². The largest absolute Gasteiger partial charge is 0.399 e. The molecule has 0 aliphatic rings. The third-order valence-corrected chi connectivity index (χ3v) is 3.56. The number of amides is 1. The topological polar surface area (TPSA) is 87.4 Å². The van der Waals surface area contributed by atoms with Gasteiger partial charge in [0.15, 0.2) is 0 Å². The number of nitrogens with one attached hydrogen (secondary N) is 2. The molecule has 5 N–H and O–H groups in total. The van der Waals surface area contributed by atoms with E-state index in [1.165, 1.54) is 0 Å². The fourth-order valence-corrected chi connectivity index (χ4v) is 2.09. The Labute approximate surface area is 153 Å². The van der Waals surface area contributed by atoms with Crippen LogP contribution in [0.1, 0.15) is 22.8 Å². The number of benzene rings is 2. The summed E-state index contributed by atoms with van der Waals surface area (Å²) in [6.07, 6.45) is 9.00. The van der Waals surface area contributed by atoms with Crippen molar-refractivity contribution in [1.29, 1.82) is 0 Å². The minimum absolute atomic E-state index is 0.136. The molecule has 1 amide bonds. The molecule has 2 rings (SSSR count). The Morgan fingerprint density at radius 2 is 1.81 bits per heavy atom. The Morgan fingerprint density at radius 3 is 2.46 bits per heavy atom. The average molecular weight is 349 g/mol. The number of carbonyl (C=O) groups is 1. The van der Waals surface area contributed by atoms with Gasteiger partial charge in [0, 0.05) is 23.0 Å². The van der Waals surface area contributed by atoms with Crippen molar-refractivity contribution in [1.82, 2.24) is 5.48 Å². The van der Waals surface area contributed by atoms with Crippen molar-refractivity contribution in [3.63, 3.8) is 0 Å². The van der Waals surface area contributed by atoms with Gasteiger partial charge in [-0.2, -0.15) is 5.48 Å². The van der Waals surface area contributed by atoms with Crippen LogP contribution in [-0.4, -0.2) is 17.2 Å². The number of hydroxylamine groups is 1. The van der Waals surface area contributed by atoms with Crippen LogP contribution in [0.4, 0.5) is 5.69 Å². The van der Waals surface area contributed by atoms with E-state index in [0.29, 0.717) is 11.3 Å². The first-order valence-electron chi connectivity index (χ1n) is 8.26. The molecule has 0 aliphatic carbocycles. The van der Waals surface area contributed by atoms with E-state index in [1.54, 1.807) is 37.3 Å². The van der Waals surface area contributed by atoms with Crippen molar-refractivity contribution in [3.8, 4) is 0 Å². The molecule has 0 radical (unpaired) electrons. The van der Waals surface area contributed by atoms with Crippen molar-refractivity contribution in [2.45, 2.75) is 13.0 Å². The lowest BCUT2D eigenvalue weighted by Crippen LogP contribution is -2.18. The summed E-state index contributed by atoms with van der Waals surface area (Å²) in [5.74, 6) is -0.136. The second-order valence-electron chi connectivity index (χ2n) is 5.74. The standard InChI is InChI=1S/C21H23N3O2/c1-16(24-26)10-13-19(22)9-5-6-17-11-14-20(15-12-17)23-21(25)18-7-3-2-4-8-18/h2-16,24,26H,22H2,1H3,(H,23,25)/b6-5+,13-10-,19-9-/t16-/m1/s1. The summed E-state index contributed by atoms with van der Waals surface area (Å²) < 4.78 is 0. The highest BCUT2D eigenvalue weighted by atomic mass is 16.5. The first-order valence-corrected chi connectivity index (χ1v) is 8.26. The highest BCUT2D eigenvalue weighted by Crippen LogP contribution is 2.12. The second kappa shape index (κ2) is 9.98. The Bertz CT molecular complexity index is 794. The predicted molar refractivity (Wildman–Crippen MR) is 106 cm³/mol. The third kappa shape index (κ3) is 6.39. The van der Waals surface area contributed by atoms with Crippen molar-refractivity contribution in [2.75, 3.05) is 5.32 Å². The lowest BCUT2D eigenvalue weighted by atomic mass is 10.1. The lowest BCUT2D eigenvalue weighted by molar-refractivity contribution is 0.102. The minimum Gasteiger partial charge on any atom is -0.399 e. The molecule has 0 aliphatic heterocycles. The Balaban J connectivity index is 1.93. The minimum atomic E-state index is -0.162. The zero-order valence-electron chi connectivity index (χ0n) is 14.6. The van der Waals surface area contributed by atoms with Crippen molar-refractivity contribution >= 4 is 17.7 Å². The summed E-state index contributed by atoms with van der Waals surface area (Å²) in [6.45, 7) is 1.80. The third-order valence-electron chi connectivity index (χ3n) is 3.56. The van der Waals surface area contributed by atoms with E-state index < -0.39 is 0 Å². The molecule has 0 spiro atoms. The molecule has 26 heavy (non-hydrogen) atoms. The van der Waals surface area contributed by atoms with Gasteiger partial charge in [-0.25, -0.2) is 0 Å². The number of carbonyl (C=O) groups excluding carboxylic acids is 1. The van der Waals surface area contributed by atoms with E-state index in [2.05, 4.69) is 10.8 Å². The SMILES string of the molecule is C[C@H](\C=C/C(N)=C/C=C/c1ccc(NC(=O)c2ccccc2)cc1)NO. The van der Waals surface area contributed by atoms with Gasteiger partial charge >= 0.3 is 0 Å². The molecule has 2 aromatic carbocycles. The summed E-state index contributed by atoms with van der Waals surface area (Å²) in [7, 11) is 0. The number of hydrogen-bond acceptors (Lipinski definition) is 4. The molecule has 0 saturated heterocycles. The average Bonchev–Trinajstić information content (AvgIpc) is 2.68. The van der Waals surface area contributed by atoms with E-state index in [4.69, 9.17) is 10.9 Å². The highest BCUT2D eigenvalue weighted by molar-refractivity contribution is 6.04. The van der Waals surface area contributed by atoms with Crippen LogP contribution in [0.5, 0.6) is 0 Å². The summed E-state index contributed by atoms with van der Waals surface area (Å²) in [6, 6.07) is 16.4. The number of hydrogen-bond donors (Lipinski definition) is 4. The van der Waals surface area contributed by atoms with Gasteiger partial charge < -0.3 is 16.3 Å². The molecule has 0 bridgehead atoms. The smallest absolute Gasteiger partial charge is 0.255 e. The van der Waals surface area contributed by atoms with E-state index in [0.717, 1.165) is 11.3 Å². The van der Waals surface area contributed by atoms with E-state index in [-0.39, 0.29) is 11.9 Å². The first kappa shape index (κ1) is 19.2. The lowest BCUT2D eigenvalue weighted by Gasteiger charge is -2.05. The Morgan fingerprint density at radius 1 is 1.12 bits per heavy atom. The van der Waals surface area contributed by atoms with Crippen molar-refractivity contribution in [2.24, 2.45) is 5.73 Å². The second-order valence-corrected chi connectivity index (χ2v) is 5.74. The molecular weight excluding hydrogens is 326 g/mol. The fraction of sp³-hybridized carbons (Fsp3) is 0.0952. The summed E-state index contributed by atoms with van der Waals surface area (Å²) >= 11 is 0. The molecular formula is C21H23N3O2. The van der Waals surface area contributed by atoms with Crippen LogP contribution >= 0.6 is 0 Å². The van der Waals surface area contributed by atoms with Crippen molar-refractivity contribution < 1.29 is 10.0 Å². The molecule has 0 unspecified atom stereocenters. The monoisotopic (exact) mass is 349 g/mol. The summed E-state index contributed by atoms with van der Waals surface area (Å²) in [5, 5.41) is 11.6. The molecule has 5 nitrogen and oxygen atoms in total. The van der Waals surface area contributed by atoms with Crippen LogP contribution in [0.25, 0.3) is 6.08 Å². The van der Waals surface area contributed by atoms with Gasteiger partial charge in [0.05, 0.1) is 0 Å². The van der Waals surface area contributed by atoms with Crippen LogP contribution in [0.2, 0.25) is 0 Å². The molecule has 2 aromatic rings. The number of anilines is 1. The Kier molecular flexibility index (Phi) is 7.36. The summed E-state index contributed by atoms with van der Waals surface area (Å²) in [5.41, 5.74) is 10.9. The zero-order chi connectivity index (χ0) is 18.8. The number of allylic oxidation sites excluding steroid dienone is 3. The molecule has 0 fully saturated rings. The van der Waals surface area contributed by atoms with Gasteiger partial charge in [-0.05, 0) is 48.9 Å². The zero-order valence-corrected chi connectivity index (χ0v) is 14.6. The molecule has 0 heterocycles. The van der Waals surface area contributed by atoms with Crippen LogP contribution in [0.3, 0.4) is 0 Å².